The molecule has 0 spiro atoms. The lowest BCUT2D eigenvalue weighted by Gasteiger charge is -2.33. The van der Waals surface area contributed by atoms with E-state index in [2.05, 4.69) is 20.8 Å². The first-order valence-corrected chi connectivity index (χ1v) is 8.70. The van der Waals surface area contributed by atoms with E-state index in [9.17, 15) is 4.79 Å². The van der Waals surface area contributed by atoms with E-state index in [4.69, 9.17) is 4.74 Å². The summed E-state index contributed by atoms with van der Waals surface area (Å²) in [6.07, 6.45) is 6.52. The minimum Gasteiger partial charge on any atom is -0.378 e. The second-order valence-electron chi connectivity index (χ2n) is 6.73. The summed E-state index contributed by atoms with van der Waals surface area (Å²) in [4.78, 5) is 12.4. The van der Waals surface area contributed by atoms with Crippen molar-refractivity contribution in [2.75, 3.05) is 6.61 Å². The van der Waals surface area contributed by atoms with E-state index >= 15 is 0 Å². The van der Waals surface area contributed by atoms with Crippen LogP contribution in [0.1, 0.15) is 44.5 Å². The molecule has 7 nitrogen and oxygen atoms in total. The standard InChI is InChI=1S/C17H23N5O2/c1-11(16-21-20-15-7-2-3-9-22(15)16)18-17(23)19-13-5-4-6-14-12(13)8-10-24-14/h2-3,7,9,11-14H,4-6,8,10H2,1H3,(H2,18,19,23)/t11-,12-,13+,14-/m0/s1. The molecule has 2 amide bonds. The van der Waals surface area contributed by atoms with Crippen molar-refractivity contribution in [2.24, 2.45) is 5.92 Å². The molecule has 2 aromatic rings. The van der Waals surface area contributed by atoms with Crippen LogP contribution in [0.5, 0.6) is 0 Å². The van der Waals surface area contributed by atoms with Gasteiger partial charge in [-0.2, -0.15) is 0 Å². The fourth-order valence-electron chi connectivity index (χ4n) is 3.98. The Bertz CT molecular complexity index is 731. The number of pyridine rings is 1. The number of carbonyl (C=O) groups excluding carboxylic acids is 1. The molecule has 0 aromatic carbocycles. The molecule has 4 atom stereocenters. The number of nitrogens with one attached hydrogen (secondary N) is 2. The first kappa shape index (κ1) is 15.4. The Morgan fingerprint density at radius 3 is 3.17 bits per heavy atom. The largest absolute Gasteiger partial charge is 0.378 e. The van der Waals surface area contributed by atoms with Crippen molar-refractivity contribution in [3.63, 3.8) is 0 Å². The summed E-state index contributed by atoms with van der Waals surface area (Å²) in [5.41, 5.74) is 0.778. The fourth-order valence-corrected chi connectivity index (χ4v) is 3.98. The van der Waals surface area contributed by atoms with Crippen LogP contribution in [0.15, 0.2) is 24.4 Å². The van der Waals surface area contributed by atoms with Gasteiger partial charge in [-0.1, -0.05) is 6.07 Å². The number of nitrogens with zero attached hydrogens (tertiary/aromatic N) is 3. The lowest BCUT2D eigenvalue weighted by molar-refractivity contribution is 0.0549. The van der Waals surface area contributed by atoms with Crippen molar-refractivity contribution in [2.45, 2.75) is 50.8 Å². The maximum absolute atomic E-state index is 12.4. The summed E-state index contributed by atoms with van der Waals surface area (Å²) < 4.78 is 7.66. The smallest absolute Gasteiger partial charge is 0.315 e. The summed E-state index contributed by atoms with van der Waals surface area (Å²) >= 11 is 0. The van der Waals surface area contributed by atoms with Crippen LogP contribution in [0.3, 0.4) is 0 Å². The SMILES string of the molecule is C[C@H](NC(=O)N[C@@H]1CCC[C@@H]2OCC[C@H]21)c1nnc2ccccn12. The molecule has 1 aliphatic carbocycles. The molecule has 24 heavy (non-hydrogen) atoms. The molecule has 2 aromatic heterocycles. The van der Waals surface area contributed by atoms with Crippen molar-refractivity contribution < 1.29 is 9.53 Å². The predicted octanol–water partition coefficient (Wildman–Crippen LogP) is 2.05. The predicted molar refractivity (Wildman–Crippen MR) is 88.6 cm³/mol. The fraction of sp³-hybridized carbons (Fsp3) is 0.588. The van der Waals surface area contributed by atoms with Gasteiger partial charge in [0.1, 0.15) is 0 Å². The van der Waals surface area contributed by atoms with Gasteiger partial charge in [-0.05, 0) is 44.7 Å². The van der Waals surface area contributed by atoms with Gasteiger partial charge in [0.05, 0.1) is 12.1 Å². The van der Waals surface area contributed by atoms with Gasteiger partial charge in [-0.3, -0.25) is 4.40 Å². The molecule has 2 aliphatic rings. The molecular weight excluding hydrogens is 306 g/mol. The summed E-state index contributed by atoms with van der Waals surface area (Å²) in [7, 11) is 0. The van der Waals surface area contributed by atoms with Crippen molar-refractivity contribution >= 4 is 11.7 Å². The number of hydrogen-bond acceptors (Lipinski definition) is 4. The third-order valence-electron chi connectivity index (χ3n) is 5.17. The molecule has 2 fully saturated rings. The molecule has 7 heteroatoms. The monoisotopic (exact) mass is 329 g/mol. The Morgan fingerprint density at radius 1 is 1.33 bits per heavy atom. The highest BCUT2D eigenvalue weighted by Crippen LogP contribution is 2.34. The quantitative estimate of drug-likeness (QED) is 0.903. The summed E-state index contributed by atoms with van der Waals surface area (Å²) in [5, 5.41) is 14.5. The van der Waals surface area contributed by atoms with E-state index in [1.165, 1.54) is 0 Å². The number of carbonyl (C=O) groups is 1. The van der Waals surface area contributed by atoms with Crippen molar-refractivity contribution in [1.82, 2.24) is 25.2 Å². The van der Waals surface area contributed by atoms with Crippen molar-refractivity contribution in [3.05, 3.63) is 30.2 Å². The number of fused-ring (bicyclic) bond motifs is 2. The van der Waals surface area contributed by atoms with Gasteiger partial charge in [0.25, 0.3) is 0 Å². The van der Waals surface area contributed by atoms with Gasteiger partial charge in [0.15, 0.2) is 11.5 Å². The molecular formula is C17H23N5O2. The van der Waals surface area contributed by atoms with E-state index in [1.54, 1.807) is 0 Å². The van der Waals surface area contributed by atoms with Crippen LogP contribution in [0.25, 0.3) is 5.65 Å². The van der Waals surface area contributed by atoms with Gasteiger partial charge in [-0.25, -0.2) is 4.79 Å². The first-order chi connectivity index (χ1) is 11.7. The van der Waals surface area contributed by atoms with E-state index in [1.807, 2.05) is 35.7 Å². The molecule has 2 N–H and O–H groups in total. The van der Waals surface area contributed by atoms with E-state index in [0.29, 0.717) is 12.0 Å². The number of aromatic nitrogens is 3. The molecule has 1 saturated heterocycles. The zero-order valence-corrected chi connectivity index (χ0v) is 13.8. The van der Waals surface area contributed by atoms with Gasteiger partial charge in [0, 0.05) is 24.8 Å². The molecule has 0 unspecified atom stereocenters. The molecule has 3 heterocycles. The van der Waals surface area contributed by atoms with Gasteiger partial charge in [-0.15, -0.1) is 10.2 Å². The van der Waals surface area contributed by atoms with Crippen LogP contribution in [-0.4, -0.2) is 39.4 Å². The van der Waals surface area contributed by atoms with Crippen molar-refractivity contribution in [3.8, 4) is 0 Å². The molecule has 0 bridgehead atoms. The lowest BCUT2D eigenvalue weighted by Crippen LogP contribution is -2.49. The Labute approximate surface area is 140 Å². The highest BCUT2D eigenvalue weighted by Gasteiger charge is 2.38. The van der Waals surface area contributed by atoms with E-state index < -0.39 is 0 Å². The van der Waals surface area contributed by atoms with E-state index in [0.717, 1.165) is 43.8 Å². The number of amides is 2. The Hall–Kier alpha value is -2.15. The summed E-state index contributed by atoms with van der Waals surface area (Å²) in [5.74, 6) is 1.18. The summed E-state index contributed by atoms with van der Waals surface area (Å²) in [6.45, 7) is 2.74. The third kappa shape index (κ3) is 2.84. The zero-order chi connectivity index (χ0) is 16.5. The highest BCUT2D eigenvalue weighted by molar-refractivity contribution is 5.74. The van der Waals surface area contributed by atoms with Crippen LogP contribution in [-0.2, 0) is 4.74 Å². The number of rotatable bonds is 3. The van der Waals surface area contributed by atoms with Crippen LogP contribution in [0.4, 0.5) is 4.79 Å². The number of ether oxygens (including phenoxy) is 1. The Morgan fingerprint density at radius 2 is 2.25 bits per heavy atom. The Kier molecular flexibility index (Phi) is 4.10. The topological polar surface area (TPSA) is 80.5 Å². The van der Waals surface area contributed by atoms with Crippen LogP contribution in [0, 0.1) is 5.92 Å². The average Bonchev–Trinajstić information content (AvgIpc) is 3.22. The normalized spacial score (nSPS) is 27.6. The van der Waals surface area contributed by atoms with Crippen LogP contribution < -0.4 is 10.6 Å². The van der Waals surface area contributed by atoms with Crippen LogP contribution >= 0.6 is 0 Å². The van der Waals surface area contributed by atoms with Gasteiger partial charge >= 0.3 is 6.03 Å². The van der Waals surface area contributed by atoms with E-state index in [-0.39, 0.29) is 18.1 Å². The summed E-state index contributed by atoms with van der Waals surface area (Å²) in [6, 6.07) is 5.57. The average molecular weight is 329 g/mol. The maximum Gasteiger partial charge on any atom is 0.315 e. The zero-order valence-electron chi connectivity index (χ0n) is 13.8. The second kappa shape index (κ2) is 6.39. The molecule has 128 valence electrons. The third-order valence-corrected chi connectivity index (χ3v) is 5.17. The van der Waals surface area contributed by atoms with Gasteiger partial charge < -0.3 is 15.4 Å². The number of hydrogen-bond donors (Lipinski definition) is 2. The maximum atomic E-state index is 12.4. The lowest BCUT2D eigenvalue weighted by atomic mass is 9.82. The molecule has 0 radical (unpaired) electrons. The number of urea groups is 1. The Balaban J connectivity index is 1.40. The molecule has 1 saturated carbocycles. The minimum atomic E-state index is -0.221. The minimum absolute atomic E-state index is 0.146. The van der Waals surface area contributed by atoms with Crippen molar-refractivity contribution in [1.29, 1.82) is 0 Å². The molecule has 1 aliphatic heterocycles. The highest BCUT2D eigenvalue weighted by atomic mass is 16.5. The first-order valence-electron chi connectivity index (χ1n) is 8.70. The van der Waals surface area contributed by atoms with Gasteiger partial charge in [0.2, 0.25) is 0 Å². The second-order valence-corrected chi connectivity index (χ2v) is 6.73. The molecule has 4 rings (SSSR count). The van der Waals surface area contributed by atoms with Crippen LogP contribution in [0.2, 0.25) is 0 Å².